The summed E-state index contributed by atoms with van der Waals surface area (Å²) in [5.41, 5.74) is 1.00. The van der Waals surface area contributed by atoms with Crippen molar-refractivity contribution in [1.82, 2.24) is 20.8 Å². The predicted octanol–water partition coefficient (Wildman–Crippen LogP) is 1.30. The van der Waals surface area contributed by atoms with Gasteiger partial charge in [-0.15, -0.1) is 0 Å². The fourth-order valence-corrected chi connectivity index (χ4v) is 2.42. The molecule has 3 N–H and O–H groups in total. The van der Waals surface area contributed by atoms with Crippen LogP contribution in [0.25, 0.3) is 0 Å². The smallest absolute Gasteiger partial charge is 0.191 e. The fourth-order valence-electron chi connectivity index (χ4n) is 2.42. The van der Waals surface area contributed by atoms with E-state index in [0.29, 0.717) is 12.5 Å². The molecular weight excluding hydrogens is 294 g/mol. The number of guanidine groups is 1. The van der Waals surface area contributed by atoms with Crippen LogP contribution in [0.4, 0.5) is 0 Å². The number of ether oxygens (including phenoxy) is 2. The summed E-state index contributed by atoms with van der Waals surface area (Å²) in [6, 6.07) is 1.93. The third-order valence-electron chi connectivity index (χ3n) is 3.76. The van der Waals surface area contributed by atoms with Crippen molar-refractivity contribution in [2.24, 2.45) is 10.9 Å². The van der Waals surface area contributed by atoms with Crippen LogP contribution in [0, 0.1) is 5.92 Å². The van der Waals surface area contributed by atoms with Crippen LogP contribution in [-0.2, 0) is 16.0 Å². The van der Waals surface area contributed by atoms with Crippen LogP contribution in [0.15, 0.2) is 17.3 Å². The van der Waals surface area contributed by atoms with E-state index in [9.17, 15) is 0 Å². The van der Waals surface area contributed by atoms with Crippen LogP contribution in [0.3, 0.4) is 0 Å². The molecule has 7 heteroatoms. The van der Waals surface area contributed by atoms with Crippen molar-refractivity contribution in [3.63, 3.8) is 0 Å². The van der Waals surface area contributed by atoms with E-state index in [0.717, 1.165) is 70.4 Å². The molecule has 0 bridgehead atoms. The van der Waals surface area contributed by atoms with Crippen molar-refractivity contribution in [1.29, 1.82) is 0 Å². The highest BCUT2D eigenvalue weighted by Gasteiger charge is 2.13. The Bertz CT molecular complexity index is 430. The Morgan fingerprint density at radius 3 is 3.04 bits per heavy atom. The SMILES string of the molecule is CCNC(=NCc1ccn[nH]1)NCCCOCC1CCOCC1. The number of rotatable bonds is 9. The zero-order valence-corrected chi connectivity index (χ0v) is 14.0. The molecule has 130 valence electrons. The fraction of sp³-hybridized carbons (Fsp3) is 0.750. The van der Waals surface area contributed by atoms with Gasteiger partial charge >= 0.3 is 0 Å². The van der Waals surface area contributed by atoms with Gasteiger partial charge in [0.25, 0.3) is 0 Å². The van der Waals surface area contributed by atoms with E-state index in [-0.39, 0.29) is 0 Å². The molecule has 1 aromatic heterocycles. The Balaban J connectivity index is 1.55. The third kappa shape index (κ3) is 7.47. The highest BCUT2D eigenvalue weighted by Crippen LogP contribution is 2.14. The maximum Gasteiger partial charge on any atom is 0.191 e. The van der Waals surface area contributed by atoms with Crippen molar-refractivity contribution in [2.75, 3.05) is 39.5 Å². The minimum atomic E-state index is 0.593. The molecule has 0 spiro atoms. The molecule has 1 fully saturated rings. The summed E-state index contributed by atoms with van der Waals surface area (Å²) in [6.45, 7) is 7.75. The largest absolute Gasteiger partial charge is 0.381 e. The van der Waals surface area contributed by atoms with Crippen LogP contribution in [-0.4, -0.2) is 55.7 Å². The van der Waals surface area contributed by atoms with Crippen molar-refractivity contribution >= 4 is 5.96 Å². The number of H-pyrrole nitrogens is 1. The van der Waals surface area contributed by atoms with Crippen LogP contribution >= 0.6 is 0 Å². The predicted molar refractivity (Wildman–Crippen MR) is 90.4 cm³/mol. The van der Waals surface area contributed by atoms with Gasteiger partial charge < -0.3 is 20.1 Å². The second-order valence-corrected chi connectivity index (χ2v) is 5.69. The van der Waals surface area contributed by atoms with E-state index >= 15 is 0 Å². The summed E-state index contributed by atoms with van der Waals surface area (Å²) in [4.78, 5) is 4.52. The van der Waals surface area contributed by atoms with Crippen molar-refractivity contribution in [2.45, 2.75) is 32.7 Å². The van der Waals surface area contributed by atoms with Crippen LogP contribution in [0.1, 0.15) is 31.9 Å². The Labute approximate surface area is 138 Å². The molecule has 1 aromatic rings. The van der Waals surface area contributed by atoms with Gasteiger partial charge in [0.15, 0.2) is 5.96 Å². The minimum absolute atomic E-state index is 0.593. The first-order valence-corrected chi connectivity index (χ1v) is 8.54. The zero-order valence-electron chi connectivity index (χ0n) is 14.0. The molecule has 0 aliphatic carbocycles. The first-order valence-electron chi connectivity index (χ1n) is 8.54. The van der Waals surface area contributed by atoms with Gasteiger partial charge in [0.1, 0.15) is 0 Å². The van der Waals surface area contributed by atoms with Crippen molar-refractivity contribution in [3.8, 4) is 0 Å². The third-order valence-corrected chi connectivity index (χ3v) is 3.76. The summed E-state index contributed by atoms with van der Waals surface area (Å²) in [7, 11) is 0. The number of aromatic nitrogens is 2. The lowest BCUT2D eigenvalue weighted by atomic mass is 10.0. The number of hydrogen-bond acceptors (Lipinski definition) is 4. The highest BCUT2D eigenvalue weighted by atomic mass is 16.5. The molecule has 0 radical (unpaired) electrons. The first-order chi connectivity index (χ1) is 11.4. The highest BCUT2D eigenvalue weighted by molar-refractivity contribution is 5.79. The topological polar surface area (TPSA) is 83.6 Å². The van der Waals surface area contributed by atoms with E-state index < -0.39 is 0 Å². The molecule has 0 unspecified atom stereocenters. The standard InChI is InChI=1S/C16H29N5O2/c1-2-17-16(19-12-15-4-8-20-21-15)18-7-3-9-23-13-14-5-10-22-11-6-14/h4,8,14H,2-3,5-7,9-13H2,1H3,(H,20,21)(H2,17,18,19). The maximum atomic E-state index is 5.76. The summed E-state index contributed by atoms with van der Waals surface area (Å²) in [5, 5.41) is 13.4. The average molecular weight is 323 g/mol. The summed E-state index contributed by atoms with van der Waals surface area (Å²) >= 11 is 0. The van der Waals surface area contributed by atoms with E-state index in [2.05, 4.69) is 32.7 Å². The normalized spacial score (nSPS) is 16.5. The quantitative estimate of drug-likeness (QED) is 0.362. The second kappa shape index (κ2) is 11.0. The molecule has 1 saturated heterocycles. The van der Waals surface area contributed by atoms with Gasteiger partial charge in [-0.05, 0) is 38.2 Å². The van der Waals surface area contributed by atoms with E-state index in [1.165, 1.54) is 0 Å². The average Bonchev–Trinajstić information content (AvgIpc) is 3.10. The van der Waals surface area contributed by atoms with Gasteiger partial charge in [0, 0.05) is 45.7 Å². The molecule has 0 amide bonds. The Morgan fingerprint density at radius 2 is 2.30 bits per heavy atom. The molecule has 23 heavy (non-hydrogen) atoms. The Morgan fingerprint density at radius 1 is 1.43 bits per heavy atom. The summed E-state index contributed by atoms with van der Waals surface area (Å²) in [6.07, 6.45) is 4.96. The maximum absolute atomic E-state index is 5.76. The molecule has 1 aliphatic heterocycles. The van der Waals surface area contributed by atoms with Gasteiger partial charge in [0.2, 0.25) is 0 Å². The lowest BCUT2D eigenvalue weighted by Crippen LogP contribution is -2.38. The summed E-state index contributed by atoms with van der Waals surface area (Å²) in [5.74, 6) is 1.50. The van der Waals surface area contributed by atoms with Crippen LogP contribution < -0.4 is 10.6 Å². The lowest BCUT2D eigenvalue weighted by molar-refractivity contribution is 0.0203. The van der Waals surface area contributed by atoms with Gasteiger partial charge in [-0.1, -0.05) is 0 Å². The number of aromatic amines is 1. The van der Waals surface area contributed by atoms with E-state index in [4.69, 9.17) is 9.47 Å². The zero-order chi connectivity index (χ0) is 16.2. The molecule has 0 aromatic carbocycles. The number of aliphatic imine (C=N–C) groups is 1. The molecule has 1 aliphatic rings. The summed E-state index contributed by atoms with van der Waals surface area (Å²) < 4.78 is 11.1. The second-order valence-electron chi connectivity index (χ2n) is 5.69. The molecule has 7 nitrogen and oxygen atoms in total. The van der Waals surface area contributed by atoms with Gasteiger partial charge in [-0.25, -0.2) is 4.99 Å². The van der Waals surface area contributed by atoms with Gasteiger partial charge in [-0.3, -0.25) is 5.10 Å². The first kappa shape index (κ1) is 17.7. The molecular formula is C16H29N5O2. The number of hydrogen-bond donors (Lipinski definition) is 3. The van der Waals surface area contributed by atoms with Crippen molar-refractivity contribution in [3.05, 3.63) is 18.0 Å². The van der Waals surface area contributed by atoms with Crippen LogP contribution in [0.2, 0.25) is 0 Å². The molecule has 0 saturated carbocycles. The Kier molecular flexibility index (Phi) is 8.50. The van der Waals surface area contributed by atoms with Gasteiger partial charge in [-0.2, -0.15) is 5.10 Å². The monoisotopic (exact) mass is 323 g/mol. The Hall–Kier alpha value is -1.60. The molecule has 2 rings (SSSR count). The molecule has 2 heterocycles. The lowest BCUT2D eigenvalue weighted by Gasteiger charge is -2.21. The number of nitrogens with zero attached hydrogens (tertiary/aromatic N) is 2. The molecule has 0 atom stereocenters. The van der Waals surface area contributed by atoms with E-state index in [1.54, 1.807) is 6.20 Å². The van der Waals surface area contributed by atoms with Crippen molar-refractivity contribution < 1.29 is 9.47 Å². The minimum Gasteiger partial charge on any atom is -0.381 e. The van der Waals surface area contributed by atoms with Crippen LogP contribution in [0.5, 0.6) is 0 Å². The number of nitrogens with one attached hydrogen (secondary N) is 3. The van der Waals surface area contributed by atoms with Gasteiger partial charge in [0.05, 0.1) is 12.2 Å². The van der Waals surface area contributed by atoms with E-state index in [1.807, 2.05) is 6.07 Å².